The standard InChI is InChI=1S/C12H20N2O3S/c1-3-10-5-6-11(9-12(10)13)14-18(15,16)8-7-17-4-2/h5-6,9,14H,3-4,7-8,13H2,1-2H3. The fourth-order valence-corrected chi connectivity index (χ4v) is 2.45. The lowest BCUT2D eigenvalue weighted by atomic mass is 10.1. The van der Waals surface area contributed by atoms with Crippen molar-refractivity contribution >= 4 is 21.4 Å². The topological polar surface area (TPSA) is 81.4 Å². The summed E-state index contributed by atoms with van der Waals surface area (Å²) in [6.45, 7) is 4.52. The van der Waals surface area contributed by atoms with E-state index in [2.05, 4.69) is 4.72 Å². The summed E-state index contributed by atoms with van der Waals surface area (Å²) in [6, 6.07) is 5.18. The van der Waals surface area contributed by atoms with Gasteiger partial charge >= 0.3 is 0 Å². The summed E-state index contributed by atoms with van der Waals surface area (Å²) < 4.78 is 30.9. The summed E-state index contributed by atoms with van der Waals surface area (Å²) in [5.74, 6) is -0.0593. The highest BCUT2D eigenvalue weighted by Crippen LogP contribution is 2.19. The molecular weight excluding hydrogens is 252 g/mol. The minimum atomic E-state index is -3.37. The molecular formula is C12H20N2O3S. The van der Waals surface area contributed by atoms with E-state index in [1.165, 1.54) is 0 Å². The number of hydrogen-bond donors (Lipinski definition) is 2. The Bertz CT molecular complexity index is 486. The summed E-state index contributed by atoms with van der Waals surface area (Å²) >= 11 is 0. The summed E-state index contributed by atoms with van der Waals surface area (Å²) in [5, 5.41) is 0. The molecule has 0 atom stereocenters. The van der Waals surface area contributed by atoms with E-state index in [9.17, 15) is 8.42 Å². The predicted molar refractivity (Wildman–Crippen MR) is 74.1 cm³/mol. The van der Waals surface area contributed by atoms with Crippen LogP contribution in [0.5, 0.6) is 0 Å². The molecule has 0 fully saturated rings. The molecule has 102 valence electrons. The highest BCUT2D eigenvalue weighted by molar-refractivity contribution is 7.92. The first-order valence-electron chi connectivity index (χ1n) is 5.95. The van der Waals surface area contributed by atoms with Crippen molar-refractivity contribution in [3.63, 3.8) is 0 Å². The van der Waals surface area contributed by atoms with Crippen molar-refractivity contribution in [3.8, 4) is 0 Å². The third-order valence-corrected chi connectivity index (χ3v) is 3.75. The molecule has 0 amide bonds. The Morgan fingerprint density at radius 2 is 2.06 bits per heavy atom. The number of anilines is 2. The Kier molecular flexibility index (Phi) is 5.43. The molecule has 0 saturated carbocycles. The molecule has 0 bridgehead atoms. The van der Waals surface area contributed by atoms with Gasteiger partial charge in [-0.05, 0) is 31.0 Å². The van der Waals surface area contributed by atoms with Gasteiger partial charge in [0.2, 0.25) is 10.0 Å². The van der Waals surface area contributed by atoms with Crippen LogP contribution >= 0.6 is 0 Å². The molecule has 0 heterocycles. The molecule has 0 aliphatic carbocycles. The molecule has 0 aliphatic rings. The lowest BCUT2D eigenvalue weighted by Gasteiger charge is -2.10. The van der Waals surface area contributed by atoms with Gasteiger partial charge in [-0.2, -0.15) is 0 Å². The van der Waals surface area contributed by atoms with Crippen LogP contribution in [0.3, 0.4) is 0 Å². The number of nitrogen functional groups attached to an aromatic ring is 1. The zero-order valence-electron chi connectivity index (χ0n) is 10.8. The van der Waals surface area contributed by atoms with E-state index in [-0.39, 0.29) is 12.4 Å². The van der Waals surface area contributed by atoms with Crippen molar-refractivity contribution in [1.29, 1.82) is 0 Å². The van der Waals surface area contributed by atoms with Crippen LogP contribution in [0.1, 0.15) is 19.4 Å². The van der Waals surface area contributed by atoms with Gasteiger partial charge in [-0.3, -0.25) is 4.72 Å². The zero-order chi connectivity index (χ0) is 13.6. The molecule has 0 spiro atoms. The van der Waals surface area contributed by atoms with Gasteiger partial charge in [0.25, 0.3) is 0 Å². The van der Waals surface area contributed by atoms with E-state index in [0.29, 0.717) is 18.0 Å². The first kappa shape index (κ1) is 14.8. The Morgan fingerprint density at radius 1 is 1.33 bits per heavy atom. The number of nitrogens with two attached hydrogens (primary N) is 1. The number of benzene rings is 1. The van der Waals surface area contributed by atoms with Gasteiger partial charge in [0.15, 0.2) is 0 Å². The summed E-state index contributed by atoms with van der Waals surface area (Å²) in [4.78, 5) is 0. The average molecular weight is 272 g/mol. The van der Waals surface area contributed by atoms with Crippen molar-refractivity contribution in [1.82, 2.24) is 0 Å². The van der Waals surface area contributed by atoms with E-state index in [4.69, 9.17) is 10.5 Å². The fraction of sp³-hybridized carbons (Fsp3) is 0.500. The smallest absolute Gasteiger partial charge is 0.235 e. The molecule has 5 nitrogen and oxygen atoms in total. The average Bonchev–Trinajstić information content (AvgIpc) is 2.29. The molecule has 1 aromatic carbocycles. The van der Waals surface area contributed by atoms with Crippen LogP contribution in [0, 0.1) is 0 Å². The van der Waals surface area contributed by atoms with E-state index in [1.54, 1.807) is 12.1 Å². The molecule has 0 aliphatic heterocycles. The molecule has 3 N–H and O–H groups in total. The van der Waals surface area contributed by atoms with Gasteiger partial charge in [-0.25, -0.2) is 8.42 Å². The van der Waals surface area contributed by atoms with Gasteiger partial charge in [-0.1, -0.05) is 13.0 Å². The van der Waals surface area contributed by atoms with E-state index < -0.39 is 10.0 Å². The molecule has 0 aromatic heterocycles. The van der Waals surface area contributed by atoms with Crippen LogP contribution in [0.2, 0.25) is 0 Å². The number of sulfonamides is 1. The highest BCUT2D eigenvalue weighted by atomic mass is 32.2. The van der Waals surface area contributed by atoms with Crippen molar-refractivity contribution < 1.29 is 13.2 Å². The quantitative estimate of drug-likeness (QED) is 0.583. The van der Waals surface area contributed by atoms with Gasteiger partial charge < -0.3 is 10.5 Å². The summed E-state index contributed by atoms with van der Waals surface area (Å²) in [7, 11) is -3.37. The normalized spacial score (nSPS) is 11.4. The predicted octanol–water partition coefficient (Wildman–Crippen LogP) is 1.61. The molecule has 1 aromatic rings. The third kappa shape index (κ3) is 4.54. The minimum absolute atomic E-state index is 0.0593. The summed E-state index contributed by atoms with van der Waals surface area (Å²) in [6.07, 6.45) is 0.823. The molecule has 1 rings (SSSR count). The van der Waals surface area contributed by atoms with E-state index >= 15 is 0 Å². The van der Waals surface area contributed by atoms with Crippen LogP contribution in [0.4, 0.5) is 11.4 Å². The summed E-state index contributed by atoms with van der Waals surface area (Å²) in [5.41, 5.74) is 7.91. The number of nitrogens with one attached hydrogen (secondary N) is 1. The molecule has 0 unspecified atom stereocenters. The van der Waals surface area contributed by atoms with Crippen molar-refractivity contribution in [2.24, 2.45) is 0 Å². The largest absolute Gasteiger partial charge is 0.398 e. The van der Waals surface area contributed by atoms with Crippen molar-refractivity contribution in [2.45, 2.75) is 20.3 Å². The van der Waals surface area contributed by atoms with Crippen LogP contribution in [0.25, 0.3) is 0 Å². The number of rotatable bonds is 7. The number of hydrogen-bond acceptors (Lipinski definition) is 4. The lowest BCUT2D eigenvalue weighted by molar-refractivity contribution is 0.163. The lowest BCUT2D eigenvalue weighted by Crippen LogP contribution is -2.20. The first-order chi connectivity index (χ1) is 8.48. The van der Waals surface area contributed by atoms with Gasteiger partial charge in [0.1, 0.15) is 0 Å². The van der Waals surface area contributed by atoms with Crippen LogP contribution in [-0.4, -0.2) is 27.4 Å². The Balaban J connectivity index is 2.69. The maximum Gasteiger partial charge on any atom is 0.235 e. The molecule has 0 saturated heterocycles. The van der Waals surface area contributed by atoms with E-state index in [0.717, 1.165) is 12.0 Å². The van der Waals surface area contributed by atoms with Crippen molar-refractivity contribution in [2.75, 3.05) is 29.4 Å². The monoisotopic (exact) mass is 272 g/mol. The van der Waals surface area contributed by atoms with Crippen LogP contribution in [-0.2, 0) is 21.2 Å². The van der Waals surface area contributed by atoms with Crippen LogP contribution < -0.4 is 10.5 Å². The Labute approximate surface area is 108 Å². The SMILES string of the molecule is CCOCCS(=O)(=O)Nc1ccc(CC)c(N)c1. The van der Waals surface area contributed by atoms with Crippen molar-refractivity contribution in [3.05, 3.63) is 23.8 Å². The molecule has 6 heteroatoms. The number of aryl methyl sites for hydroxylation is 1. The molecule has 0 radical (unpaired) electrons. The van der Waals surface area contributed by atoms with Gasteiger partial charge in [0.05, 0.1) is 18.0 Å². The first-order valence-corrected chi connectivity index (χ1v) is 7.60. The maximum absolute atomic E-state index is 11.7. The van der Waals surface area contributed by atoms with Gasteiger partial charge in [-0.15, -0.1) is 0 Å². The van der Waals surface area contributed by atoms with E-state index in [1.807, 2.05) is 19.9 Å². The molecule has 18 heavy (non-hydrogen) atoms. The second kappa shape index (κ2) is 6.61. The second-order valence-electron chi connectivity index (χ2n) is 3.89. The number of ether oxygens (including phenoxy) is 1. The minimum Gasteiger partial charge on any atom is -0.398 e. The Hall–Kier alpha value is -1.27. The zero-order valence-corrected chi connectivity index (χ0v) is 11.6. The highest BCUT2D eigenvalue weighted by Gasteiger charge is 2.10. The third-order valence-electron chi connectivity index (χ3n) is 2.50. The maximum atomic E-state index is 11.7. The van der Waals surface area contributed by atoms with Crippen LogP contribution in [0.15, 0.2) is 18.2 Å². The van der Waals surface area contributed by atoms with Gasteiger partial charge in [0, 0.05) is 12.3 Å². The second-order valence-corrected chi connectivity index (χ2v) is 5.73. The fourth-order valence-electron chi connectivity index (χ4n) is 1.52. The Morgan fingerprint density at radius 3 is 2.61 bits per heavy atom.